The molecule has 3 amide bonds. The molecular weight excluding hydrogens is 432 g/mol. The Hall–Kier alpha value is -2.91. The molecule has 3 heterocycles. The molecule has 2 atom stereocenters. The summed E-state index contributed by atoms with van der Waals surface area (Å²) in [5, 5.41) is 13.5. The topological polar surface area (TPSA) is 102 Å². The third kappa shape index (κ3) is 4.94. The lowest BCUT2D eigenvalue weighted by Gasteiger charge is -2.37. The number of likely N-dealkylation sites (tertiary alicyclic amines) is 1. The van der Waals surface area contributed by atoms with Crippen LogP contribution in [-0.4, -0.2) is 81.7 Å². The van der Waals surface area contributed by atoms with Gasteiger partial charge in [-0.25, -0.2) is 14.8 Å². The summed E-state index contributed by atoms with van der Waals surface area (Å²) in [5.74, 6) is 0.531. The molecule has 2 fully saturated rings. The van der Waals surface area contributed by atoms with Gasteiger partial charge in [0.1, 0.15) is 6.04 Å². The number of benzene rings is 1. The number of anilines is 2. The Morgan fingerprint density at radius 3 is 2.31 bits per heavy atom. The number of piperazine rings is 1. The van der Waals surface area contributed by atoms with Crippen molar-refractivity contribution in [1.82, 2.24) is 19.8 Å². The van der Waals surface area contributed by atoms with Crippen LogP contribution in [0.1, 0.15) is 17.8 Å². The minimum Gasteiger partial charge on any atom is -0.391 e. The van der Waals surface area contributed by atoms with E-state index in [2.05, 4.69) is 20.2 Å². The maximum atomic E-state index is 13.2. The van der Waals surface area contributed by atoms with Gasteiger partial charge < -0.3 is 25.1 Å². The first-order valence-corrected chi connectivity index (χ1v) is 11.1. The molecule has 1 aromatic heterocycles. The Kier molecular flexibility index (Phi) is 6.48. The molecule has 9 nitrogen and oxygen atoms in total. The van der Waals surface area contributed by atoms with Crippen molar-refractivity contribution in [3.05, 3.63) is 46.7 Å². The second-order valence-electron chi connectivity index (χ2n) is 8.26. The van der Waals surface area contributed by atoms with Crippen LogP contribution in [0.3, 0.4) is 0 Å². The predicted octanol–water partition coefficient (Wildman–Crippen LogP) is 2.06. The summed E-state index contributed by atoms with van der Waals surface area (Å²) in [5.41, 5.74) is 2.40. The van der Waals surface area contributed by atoms with E-state index in [1.165, 1.54) is 4.90 Å². The van der Waals surface area contributed by atoms with E-state index in [0.29, 0.717) is 42.8 Å². The van der Waals surface area contributed by atoms with Crippen molar-refractivity contribution in [2.45, 2.75) is 32.4 Å². The second-order valence-corrected chi connectivity index (χ2v) is 8.69. The highest BCUT2D eigenvalue weighted by molar-refractivity contribution is 6.30. The van der Waals surface area contributed by atoms with Crippen LogP contribution in [0.2, 0.25) is 5.02 Å². The molecular formula is C22H27ClN6O3. The smallest absolute Gasteiger partial charge is 0.322 e. The summed E-state index contributed by atoms with van der Waals surface area (Å²) in [6.07, 6.45) is -0.502. The molecule has 0 saturated carbocycles. The van der Waals surface area contributed by atoms with Crippen LogP contribution in [0.4, 0.5) is 16.4 Å². The normalized spacial score (nSPS) is 21.1. The van der Waals surface area contributed by atoms with Crippen molar-refractivity contribution in [2.75, 3.05) is 42.9 Å². The number of nitrogens with one attached hydrogen (secondary N) is 1. The molecule has 170 valence electrons. The number of aromatic nitrogens is 2. The van der Waals surface area contributed by atoms with E-state index in [4.69, 9.17) is 11.6 Å². The third-order valence-electron chi connectivity index (χ3n) is 5.77. The predicted molar refractivity (Wildman–Crippen MR) is 122 cm³/mol. The summed E-state index contributed by atoms with van der Waals surface area (Å²) >= 11 is 5.89. The summed E-state index contributed by atoms with van der Waals surface area (Å²) in [7, 11) is 0. The van der Waals surface area contributed by atoms with Crippen molar-refractivity contribution in [3.8, 4) is 0 Å². The van der Waals surface area contributed by atoms with Gasteiger partial charge in [-0.15, -0.1) is 0 Å². The monoisotopic (exact) mass is 458 g/mol. The van der Waals surface area contributed by atoms with Crippen LogP contribution in [0.5, 0.6) is 0 Å². The van der Waals surface area contributed by atoms with E-state index in [1.807, 2.05) is 19.9 Å². The number of halogens is 1. The zero-order valence-electron chi connectivity index (χ0n) is 18.2. The van der Waals surface area contributed by atoms with Crippen LogP contribution in [-0.2, 0) is 4.79 Å². The summed E-state index contributed by atoms with van der Waals surface area (Å²) < 4.78 is 0. The Morgan fingerprint density at radius 1 is 1.06 bits per heavy atom. The molecule has 2 saturated heterocycles. The van der Waals surface area contributed by atoms with Gasteiger partial charge in [0.15, 0.2) is 0 Å². The molecule has 10 heteroatoms. The van der Waals surface area contributed by atoms with Crippen molar-refractivity contribution in [1.29, 1.82) is 0 Å². The number of carbonyl (C=O) groups excluding carboxylic acids is 2. The van der Waals surface area contributed by atoms with Gasteiger partial charge in [0.25, 0.3) is 0 Å². The second kappa shape index (κ2) is 9.30. The fourth-order valence-corrected chi connectivity index (χ4v) is 4.31. The zero-order chi connectivity index (χ0) is 22.8. The molecule has 2 aromatic rings. The van der Waals surface area contributed by atoms with Crippen LogP contribution >= 0.6 is 11.6 Å². The van der Waals surface area contributed by atoms with Crippen molar-refractivity contribution < 1.29 is 14.7 Å². The fourth-order valence-electron chi connectivity index (χ4n) is 4.19. The number of nitrogens with zero attached hydrogens (tertiary/aromatic N) is 5. The van der Waals surface area contributed by atoms with Gasteiger partial charge >= 0.3 is 6.03 Å². The maximum absolute atomic E-state index is 13.2. The molecule has 1 aromatic carbocycles. The van der Waals surface area contributed by atoms with Gasteiger partial charge in [0.05, 0.1) is 6.10 Å². The van der Waals surface area contributed by atoms with Crippen LogP contribution < -0.4 is 10.2 Å². The summed E-state index contributed by atoms with van der Waals surface area (Å²) in [6, 6.07) is 7.56. The van der Waals surface area contributed by atoms with Crippen molar-refractivity contribution >= 4 is 35.2 Å². The number of rotatable bonds is 3. The van der Waals surface area contributed by atoms with Crippen LogP contribution in [0, 0.1) is 13.8 Å². The van der Waals surface area contributed by atoms with E-state index in [1.54, 1.807) is 29.2 Å². The highest BCUT2D eigenvalue weighted by Crippen LogP contribution is 2.23. The number of amides is 3. The van der Waals surface area contributed by atoms with Gasteiger partial charge in [-0.2, -0.15) is 0 Å². The minimum atomic E-state index is -0.732. The molecule has 0 spiro atoms. The van der Waals surface area contributed by atoms with Crippen LogP contribution in [0.15, 0.2) is 30.3 Å². The Balaban J connectivity index is 1.39. The van der Waals surface area contributed by atoms with E-state index < -0.39 is 18.2 Å². The quantitative estimate of drug-likeness (QED) is 0.730. The van der Waals surface area contributed by atoms with Crippen molar-refractivity contribution in [2.24, 2.45) is 0 Å². The highest BCUT2D eigenvalue weighted by Gasteiger charge is 2.41. The minimum absolute atomic E-state index is 0.117. The van der Waals surface area contributed by atoms with E-state index in [-0.39, 0.29) is 18.9 Å². The molecule has 2 aliphatic heterocycles. The van der Waals surface area contributed by atoms with Gasteiger partial charge in [0.2, 0.25) is 11.9 Å². The maximum Gasteiger partial charge on any atom is 0.322 e. The number of hydrogen-bond donors (Lipinski definition) is 2. The first-order valence-electron chi connectivity index (χ1n) is 10.7. The average molecular weight is 459 g/mol. The number of aryl methyl sites for hydroxylation is 2. The number of carbonyl (C=O) groups is 2. The number of β-amino-alcohol motifs (C(OH)–C–C–N with tert-alkyl or cyclic N) is 1. The van der Waals surface area contributed by atoms with E-state index >= 15 is 0 Å². The molecule has 0 unspecified atom stereocenters. The Morgan fingerprint density at radius 2 is 1.69 bits per heavy atom. The lowest BCUT2D eigenvalue weighted by atomic mass is 10.1. The standard InChI is InChI=1S/C22H27ClN6O3/c1-14-11-15(2)25-21(24-14)28-9-7-27(8-10-28)20(31)19-12-18(30)13-29(19)22(32)26-17-5-3-16(23)4-6-17/h3-6,11,18-19,30H,7-10,12-13H2,1-2H3,(H,26,32)/t18-,19-/m1/s1. The number of aliphatic hydroxyl groups excluding tert-OH is 1. The lowest BCUT2D eigenvalue weighted by Crippen LogP contribution is -2.55. The largest absolute Gasteiger partial charge is 0.391 e. The van der Waals surface area contributed by atoms with Gasteiger partial charge in [-0.3, -0.25) is 4.79 Å². The Bertz CT molecular complexity index is 973. The zero-order valence-corrected chi connectivity index (χ0v) is 18.9. The number of hydrogen-bond acceptors (Lipinski definition) is 6. The molecule has 0 bridgehead atoms. The first kappa shape index (κ1) is 22.3. The molecule has 32 heavy (non-hydrogen) atoms. The van der Waals surface area contributed by atoms with Crippen molar-refractivity contribution in [3.63, 3.8) is 0 Å². The van der Waals surface area contributed by atoms with Gasteiger partial charge in [-0.1, -0.05) is 11.6 Å². The van der Waals surface area contributed by atoms with Crippen LogP contribution in [0.25, 0.3) is 0 Å². The molecule has 0 aliphatic carbocycles. The Labute approximate surface area is 192 Å². The SMILES string of the molecule is Cc1cc(C)nc(N2CCN(C(=O)[C@H]3C[C@@H](O)CN3C(=O)Nc3ccc(Cl)cc3)CC2)n1. The summed E-state index contributed by atoms with van der Waals surface area (Å²) in [4.78, 5) is 40.3. The highest BCUT2D eigenvalue weighted by atomic mass is 35.5. The van der Waals surface area contributed by atoms with E-state index in [0.717, 1.165) is 11.4 Å². The number of aliphatic hydroxyl groups is 1. The summed E-state index contributed by atoms with van der Waals surface area (Å²) in [6.45, 7) is 6.23. The molecule has 0 radical (unpaired) electrons. The lowest BCUT2D eigenvalue weighted by molar-refractivity contribution is -0.135. The molecule has 2 N–H and O–H groups in total. The van der Waals surface area contributed by atoms with E-state index in [9.17, 15) is 14.7 Å². The molecule has 4 rings (SSSR count). The number of urea groups is 1. The third-order valence-corrected chi connectivity index (χ3v) is 6.02. The fraction of sp³-hybridized carbons (Fsp3) is 0.455. The van der Waals surface area contributed by atoms with Gasteiger partial charge in [-0.05, 0) is 44.2 Å². The first-order chi connectivity index (χ1) is 15.3. The van der Waals surface area contributed by atoms with Gasteiger partial charge in [0, 0.05) is 61.2 Å². The molecule has 2 aliphatic rings. The average Bonchev–Trinajstić information content (AvgIpc) is 3.16.